The van der Waals surface area contributed by atoms with Gasteiger partial charge in [0, 0.05) is 6.54 Å². The zero-order chi connectivity index (χ0) is 17.0. The van der Waals surface area contributed by atoms with Gasteiger partial charge in [-0.05, 0) is 30.2 Å². The third kappa shape index (κ3) is 3.92. The van der Waals surface area contributed by atoms with Gasteiger partial charge in [-0.1, -0.05) is 30.3 Å². The Kier molecular flexibility index (Phi) is 4.50. The van der Waals surface area contributed by atoms with Crippen molar-refractivity contribution in [3.63, 3.8) is 0 Å². The topological polar surface area (TPSA) is 51.0 Å². The lowest BCUT2D eigenvalue weighted by molar-refractivity contribution is -0.141. The number of benzene rings is 1. The standard InChI is InChI=1S/C17H14F3N3O/c18-17(19,20)15-11-13(14-7-4-10-24-14)22-16(23-15)21-9-8-12-5-2-1-3-6-12/h1-7,10-11H,8-9H2,(H,21,22,23). The first-order valence-electron chi connectivity index (χ1n) is 7.30. The van der Waals surface area contributed by atoms with Gasteiger partial charge in [0.05, 0.1) is 6.26 Å². The Hall–Kier alpha value is -2.83. The van der Waals surface area contributed by atoms with Crippen LogP contribution in [0.1, 0.15) is 11.3 Å². The number of halogens is 3. The Bertz CT molecular complexity index is 787. The van der Waals surface area contributed by atoms with Crippen molar-refractivity contribution in [1.29, 1.82) is 0 Å². The summed E-state index contributed by atoms with van der Waals surface area (Å²) in [6.45, 7) is 0.420. The van der Waals surface area contributed by atoms with Gasteiger partial charge in [-0.15, -0.1) is 0 Å². The molecule has 124 valence electrons. The molecule has 4 nitrogen and oxygen atoms in total. The van der Waals surface area contributed by atoms with E-state index in [0.29, 0.717) is 13.0 Å². The predicted octanol–water partition coefficient (Wildman–Crippen LogP) is 4.41. The summed E-state index contributed by atoms with van der Waals surface area (Å²) in [6.07, 6.45) is -2.52. The molecule has 0 aliphatic rings. The van der Waals surface area contributed by atoms with Gasteiger partial charge in [-0.3, -0.25) is 0 Å². The minimum Gasteiger partial charge on any atom is -0.463 e. The Morgan fingerprint density at radius 3 is 2.46 bits per heavy atom. The highest BCUT2D eigenvalue weighted by molar-refractivity contribution is 5.54. The second kappa shape index (κ2) is 6.74. The number of nitrogens with one attached hydrogen (secondary N) is 1. The van der Waals surface area contributed by atoms with Crippen LogP contribution in [0.5, 0.6) is 0 Å². The van der Waals surface area contributed by atoms with Crippen LogP contribution in [0.15, 0.2) is 59.2 Å². The van der Waals surface area contributed by atoms with Gasteiger partial charge in [0.15, 0.2) is 11.5 Å². The van der Waals surface area contributed by atoms with E-state index in [4.69, 9.17) is 4.42 Å². The number of anilines is 1. The summed E-state index contributed by atoms with van der Waals surface area (Å²) >= 11 is 0. The van der Waals surface area contributed by atoms with Gasteiger partial charge >= 0.3 is 6.18 Å². The van der Waals surface area contributed by atoms with E-state index in [1.54, 1.807) is 12.1 Å². The molecule has 0 unspecified atom stereocenters. The fraction of sp³-hybridized carbons (Fsp3) is 0.176. The highest BCUT2D eigenvalue weighted by Crippen LogP contribution is 2.31. The summed E-state index contributed by atoms with van der Waals surface area (Å²) in [6, 6.07) is 13.6. The summed E-state index contributed by atoms with van der Waals surface area (Å²) in [5.74, 6) is 0.182. The monoisotopic (exact) mass is 333 g/mol. The van der Waals surface area contributed by atoms with Crippen LogP contribution in [0.4, 0.5) is 19.1 Å². The molecule has 0 spiro atoms. The summed E-state index contributed by atoms with van der Waals surface area (Å²) < 4.78 is 44.2. The number of furan rings is 1. The summed E-state index contributed by atoms with van der Waals surface area (Å²) in [5, 5.41) is 2.84. The van der Waals surface area contributed by atoms with E-state index < -0.39 is 11.9 Å². The molecule has 0 fully saturated rings. The summed E-state index contributed by atoms with van der Waals surface area (Å²) in [7, 11) is 0. The van der Waals surface area contributed by atoms with Crippen molar-refractivity contribution < 1.29 is 17.6 Å². The van der Waals surface area contributed by atoms with Crippen molar-refractivity contribution >= 4 is 5.95 Å². The number of rotatable bonds is 5. The van der Waals surface area contributed by atoms with Crippen molar-refractivity contribution in [1.82, 2.24) is 9.97 Å². The Morgan fingerprint density at radius 2 is 1.79 bits per heavy atom. The molecule has 1 aromatic carbocycles. The molecule has 0 atom stereocenters. The van der Waals surface area contributed by atoms with E-state index >= 15 is 0 Å². The lowest BCUT2D eigenvalue weighted by atomic mass is 10.1. The molecule has 0 bridgehead atoms. The van der Waals surface area contributed by atoms with Gasteiger partial charge in [0.25, 0.3) is 0 Å². The number of hydrogen-bond donors (Lipinski definition) is 1. The van der Waals surface area contributed by atoms with Crippen LogP contribution in [0.25, 0.3) is 11.5 Å². The molecule has 0 aliphatic heterocycles. The van der Waals surface area contributed by atoms with Crippen molar-refractivity contribution in [2.45, 2.75) is 12.6 Å². The van der Waals surface area contributed by atoms with Gasteiger partial charge in [0.1, 0.15) is 5.69 Å². The molecular formula is C17H14F3N3O. The Balaban J connectivity index is 1.80. The molecule has 0 amide bonds. The molecule has 3 rings (SSSR count). The van der Waals surface area contributed by atoms with Gasteiger partial charge in [-0.2, -0.15) is 13.2 Å². The maximum absolute atomic E-state index is 13.0. The average molecular weight is 333 g/mol. The number of alkyl halides is 3. The van der Waals surface area contributed by atoms with Crippen molar-refractivity contribution in [2.75, 3.05) is 11.9 Å². The van der Waals surface area contributed by atoms with Crippen LogP contribution in [0.3, 0.4) is 0 Å². The minimum atomic E-state index is -4.56. The van der Waals surface area contributed by atoms with E-state index in [1.165, 1.54) is 6.26 Å². The maximum Gasteiger partial charge on any atom is 0.433 e. The van der Waals surface area contributed by atoms with Crippen LogP contribution in [-0.4, -0.2) is 16.5 Å². The molecule has 7 heteroatoms. The molecule has 2 aromatic heterocycles. The molecule has 2 heterocycles. The fourth-order valence-electron chi connectivity index (χ4n) is 2.19. The van der Waals surface area contributed by atoms with Gasteiger partial charge in [0.2, 0.25) is 5.95 Å². The Morgan fingerprint density at radius 1 is 1.00 bits per heavy atom. The smallest absolute Gasteiger partial charge is 0.433 e. The quantitative estimate of drug-likeness (QED) is 0.751. The van der Waals surface area contributed by atoms with Gasteiger partial charge < -0.3 is 9.73 Å². The molecule has 0 saturated carbocycles. The predicted molar refractivity (Wildman–Crippen MR) is 83.4 cm³/mol. The molecule has 3 aromatic rings. The lowest BCUT2D eigenvalue weighted by Gasteiger charge is -2.11. The molecule has 0 aliphatic carbocycles. The first-order chi connectivity index (χ1) is 11.5. The van der Waals surface area contributed by atoms with Crippen molar-refractivity contribution in [3.8, 4) is 11.5 Å². The second-order valence-corrected chi connectivity index (χ2v) is 5.10. The van der Waals surface area contributed by atoms with E-state index in [-0.39, 0.29) is 17.4 Å². The SMILES string of the molecule is FC(F)(F)c1cc(-c2ccco2)nc(NCCc2ccccc2)n1. The van der Waals surface area contributed by atoms with Crippen LogP contribution >= 0.6 is 0 Å². The molecule has 24 heavy (non-hydrogen) atoms. The summed E-state index contributed by atoms with van der Waals surface area (Å²) in [4.78, 5) is 7.66. The van der Waals surface area contributed by atoms with Crippen molar-refractivity contribution in [2.24, 2.45) is 0 Å². The first kappa shape index (κ1) is 16.0. The third-order valence-electron chi connectivity index (χ3n) is 3.33. The van der Waals surface area contributed by atoms with Crippen molar-refractivity contribution in [3.05, 3.63) is 66.1 Å². The van der Waals surface area contributed by atoms with E-state index in [1.807, 2.05) is 30.3 Å². The first-order valence-corrected chi connectivity index (χ1v) is 7.30. The largest absolute Gasteiger partial charge is 0.463 e. The molecule has 0 radical (unpaired) electrons. The fourth-order valence-corrected chi connectivity index (χ4v) is 2.19. The van der Waals surface area contributed by atoms with E-state index in [9.17, 15) is 13.2 Å². The lowest BCUT2D eigenvalue weighted by Crippen LogP contribution is -2.14. The number of hydrogen-bond acceptors (Lipinski definition) is 4. The summed E-state index contributed by atoms with van der Waals surface area (Å²) in [5.41, 5.74) is 0.152. The van der Waals surface area contributed by atoms with Crippen LogP contribution < -0.4 is 5.32 Å². The maximum atomic E-state index is 13.0. The highest BCUT2D eigenvalue weighted by Gasteiger charge is 2.34. The number of aromatic nitrogens is 2. The second-order valence-electron chi connectivity index (χ2n) is 5.10. The Labute approximate surface area is 136 Å². The zero-order valence-corrected chi connectivity index (χ0v) is 12.5. The van der Waals surface area contributed by atoms with E-state index in [2.05, 4.69) is 15.3 Å². The number of nitrogens with zero attached hydrogens (tertiary/aromatic N) is 2. The van der Waals surface area contributed by atoms with Crippen LogP contribution in [0, 0.1) is 0 Å². The van der Waals surface area contributed by atoms with Crippen LogP contribution in [-0.2, 0) is 12.6 Å². The molecular weight excluding hydrogens is 319 g/mol. The highest BCUT2D eigenvalue weighted by atomic mass is 19.4. The molecule has 1 N–H and O–H groups in total. The van der Waals surface area contributed by atoms with E-state index in [0.717, 1.165) is 11.6 Å². The third-order valence-corrected chi connectivity index (χ3v) is 3.33. The minimum absolute atomic E-state index is 0.0767. The van der Waals surface area contributed by atoms with Gasteiger partial charge in [-0.25, -0.2) is 9.97 Å². The molecule has 0 saturated heterocycles. The van der Waals surface area contributed by atoms with Crippen LogP contribution in [0.2, 0.25) is 0 Å². The normalized spacial score (nSPS) is 11.5. The average Bonchev–Trinajstić information content (AvgIpc) is 3.09. The zero-order valence-electron chi connectivity index (χ0n) is 12.5.